The Labute approximate surface area is 135 Å². The first-order chi connectivity index (χ1) is 10.7. The number of aliphatic carboxylic acids is 1. The summed E-state index contributed by atoms with van der Waals surface area (Å²) in [6.45, 7) is 3.88. The summed E-state index contributed by atoms with van der Waals surface area (Å²) in [6, 6.07) is 0. The van der Waals surface area contributed by atoms with Crippen molar-refractivity contribution in [1.82, 2.24) is 0 Å². The molecular formula is C16H23NO6. The van der Waals surface area contributed by atoms with Crippen LogP contribution in [0.5, 0.6) is 0 Å². The van der Waals surface area contributed by atoms with E-state index in [1.54, 1.807) is 0 Å². The van der Waals surface area contributed by atoms with E-state index in [2.05, 4.69) is 9.73 Å². The normalized spacial score (nSPS) is 21.2. The van der Waals surface area contributed by atoms with E-state index >= 15 is 0 Å². The molecule has 0 heterocycles. The molecule has 0 saturated heterocycles. The molecule has 0 atom stereocenters. The third-order valence-corrected chi connectivity index (χ3v) is 3.56. The third-order valence-electron chi connectivity index (χ3n) is 3.56. The van der Waals surface area contributed by atoms with Gasteiger partial charge in [-0.2, -0.15) is 0 Å². The fourth-order valence-corrected chi connectivity index (χ4v) is 2.48. The molecular weight excluding hydrogens is 302 g/mol. The first kappa shape index (κ1) is 18.9. The van der Waals surface area contributed by atoms with Gasteiger partial charge in [0.15, 0.2) is 5.78 Å². The summed E-state index contributed by atoms with van der Waals surface area (Å²) in [5.41, 5.74) is 0.235. The maximum Gasteiger partial charge on any atom is 0.305 e. The number of carboxylic acids is 1. The van der Waals surface area contributed by atoms with Gasteiger partial charge in [0.25, 0.3) is 0 Å². The van der Waals surface area contributed by atoms with E-state index < -0.39 is 11.9 Å². The second-order valence-electron chi connectivity index (χ2n) is 6.31. The maximum atomic E-state index is 12.3. The van der Waals surface area contributed by atoms with Crippen molar-refractivity contribution in [1.29, 1.82) is 0 Å². The first-order valence-corrected chi connectivity index (χ1v) is 7.44. The highest BCUT2D eigenvalue weighted by molar-refractivity contribution is 6.24. The zero-order chi connectivity index (χ0) is 17.6. The predicted octanol–water partition coefficient (Wildman–Crippen LogP) is 2.06. The van der Waals surface area contributed by atoms with Gasteiger partial charge in [-0.1, -0.05) is 13.8 Å². The lowest BCUT2D eigenvalue weighted by Gasteiger charge is -2.31. The highest BCUT2D eigenvalue weighted by Gasteiger charge is 2.36. The predicted molar refractivity (Wildman–Crippen MR) is 83.5 cm³/mol. The van der Waals surface area contributed by atoms with Crippen molar-refractivity contribution in [3.63, 3.8) is 0 Å². The minimum Gasteiger partial charge on any atom is -0.511 e. The number of methoxy groups -OCH3 is 1. The van der Waals surface area contributed by atoms with Crippen LogP contribution in [0.3, 0.4) is 0 Å². The van der Waals surface area contributed by atoms with Crippen LogP contribution in [0.15, 0.2) is 16.3 Å². The van der Waals surface area contributed by atoms with Gasteiger partial charge in [-0.05, 0) is 11.8 Å². The van der Waals surface area contributed by atoms with Crippen molar-refractivity contribution in [2.24, 2.45) is 10.4 Å². The second-order valence-corrected chi connectivity index (χ2v) is 6.31. The molecule has 0 radical (unpaired) electrons. The number of allylic oxidation sites excluding steroid dienone is 2. The van der Waals surface area contributed by atoms with Crippen LogP contribution in [0, 0.1) is 5.41 Å². The number of carboxylic acid groups (broad SMARTS) is 1. The highest BCUT2D eigenvalue weighted by atomic mass is 16.5. The number of ketones is 1. The van der Waals surface area contributed by atoms with Crippen molar-refractivity contribution < 1.29 is 29.3 Å². The summed E-state index contributed by atoms with van der Waals surface area (Å²) in [7, 11) is 1.25. The van der Waals surface area contributed by atoms with E-state index in [-0.39, 0.29) is 54.8 Å². The molecule has 1 aliphatic carbocycles. The number of carbonyl (C=O) groups excluding carboxylic acids is 2. The van der Waals surface area contributed by atoms with Crippen LogP contribution in [-0.2, 0) is 19.1 Å². The van der Waals surface area contributed by atoms with Crippen molar-refractivity contribution >= 4 is 23.4 Å². The van der Waals surface area contributed by atoms with Gasteiger partial charge in [-0.15, -0.1) is 0 Å². The minimum atomic E-state index is -0.976. The van der Waals surface area contributed by atoms with E-state index in [1.807, 2.05) is 13.8 Å². The van der Waals surface area contributed by atoms with Crippen LogP contribution < -0.4 is 0 Å². The summed E-state index contributed by atoms with van der Waals surface area (Å²) < 4.78 is 4.51. The molecule has 0 aromatic rings. The van der Waals surface area contributed by atoms with Crippen molar-refractivity contribution in [3.05, 3.63) is 11.3 Å². The molecule has 0 aromatic carbocycles. The van der Waals surface area contributed by atoms with Gasteiger partial charge in [-0.3, -0.25) is 19.4 Å². The van der Waals surface area contributed by atoms with E-state index in [4.69, 9.17) is 5.11 Å². The Balaban J connectivity index is 3.04. The molecule has 1 saturated carbocycles. The summed E-state index contributed by atoms with van der Waals surface area (Å²) in [4.78, 5) is 38.3. The molecule has 23 heavy (non-hydrogen) atoms. The summed E-state index contributed by atoms with van der Waals surface area (Å²) in [6.07, 6.45) is 0.546. The van der Waals surface area contributed by atoms with Crippen LogP contribution in [-0.4, -0.2) is 47.3 Å². The Bertz CT molecular complexity index is 559. The standard InChI is InChI=1S/C16H23NO6/c1-16(2)8-10(17-7-6-13(20)21)15(12(19)9-16)11(18)4-5-14(22)23-3/h18H,4-9H2,1-3H3,(H,20,21)/b15-11+,17-10?. The Morgan fingerprint density at radius 3 is 2.39 bits per heavy atom. The quantitative estimate of drug-likeness (QED) is 0.439. The largest absolute Gasteiger partial charge is 0.511 e. The lowest BCUT2D eigenvalue weighted by atomic mass is 9.73. The van der Waals surface area contributed by atoms with Crippen LogP contribution in [0.4, 0.5) is 0 Å². The van der Waals surface area contributed by atoms with Gasteiger partial charge in [0, 0.05) is 25.1 Å². The molecule has 128 valence electrons. The first-order valence-electron chi connectivity index (χ1n) is 7.44. The van der Waals surface area contributed by atoms with Gasteiger partial charge >= 0.3 is 11.9 Å². The number of aliphatic hydroxyl groups excluding tert-OH is 1. The fraction of sp³-hybridized carbons (Fsp3) is 0.625. The molecule has 1 fully saturated rings. The maximum absolute atomic E-state index is 12.3. The molecule has 0 bridgehead atoms. The Kier molecular flexibility index (Phi) is 6.48. The molecule has 0 aliphatic heterocycles. The molecule has 0 spiro atoms. The third kappa shape index (κ3) is 5.84. The molecule has 1 aliphatic rings. The number of Topliss-reactive ketones (excluding diaryl/α,β-unsaturated/α-hetero) is 1. The Morgan fingerprint density at radius 2 is 1.83 bits per heavy atom. The average Bonchev–Trinajstić information content (AvgIpc) is 2.42. The number of hydrogen-bond acceptors (Lipinski definition) is 6. The highest BCUT2D eigenvalue weighted by Crippen LogP contribution is 2.35. The number of hydrogen-bond donors (Lipinski definition) is 2. The summed E-state index contributed by atoms with van der Waals surface area (Å²) >= 11 is 0. The van der Waals surface area contributed by atoms with Crippen LogP contribution in [0.25, 0.3) is 0 Å². The van der Waals surface area contributed by atoms with Crippen molar-refractivity contribution in [2.75, 3.05) is 13.7 Å². The summed E-state index contributed by atoms with van der Waals surface area (Å²) in [5, 5.41) is 18.9. The molecule has 0 unspecified atom stereocenters. The van der Waals surface area contributed by atoms with E-state index in [0.29, 0.717) is 12.1 Å². The van der Waals surface area contributed by atoms with Gasteiger partial charge in [0.1, 0.15) is 5.76 Å². The molecule has 0 amide bonds. The van der Waals surface area contributed by atoms with Gasteiger partial charge < -0.3 is 14.9 Å². The Morgan fingerprint density at radius 1 is 1.17 bits per heavy atom. The lowest BCUT2D eigenvalue weighted by Crippen LogP contribution is -2.33. The van der Waals surface area contributed by atoms with Crippen molar-refractivity contribution in [2.45, 2.75) is 46.0 Å². The number of nitrogens with zero attached hydrogens (tertiary/aromatic N) is 1. The zero-order valence-electron chi connectivity index (χ0n) is 13.7. The van der Waals surface area contributed by atoms with Gasteiger partial charge in [0.05, 0.1) is 25.5 Å². The lowest BCUT2D eigenvalue weighted by molar-refractivity contribution is -0.140. The minimum absolute atomic E-state index is 0.00781. The second kappa shape index (κ2) is 7.89. The molecule has 7 heteroatoms. The molecule has 1 rings (SSSR count). The van der Waals surface area contributed by atoms with E-state index in [0.717, 1.165) is 0 Å². The smallest absolute Gasteiger partial charge is 0.305 e. The van der Waals surface area contributed by atoms with E-state index in [1.165, 1.54) is 7.11 Å². The zero-order valence-corrected chi connectivity index (χ0v) is 13.7. The number of ether oxygens (including phenoxy) is 1. The van der Waals surface area contributed by atoms with Crippen molar-refractivity contribution in [3.8, 4) is 0 Å². The van der Waals surface area contributed by atoms with Crippen LogP contribution in [0.2, 0.25) is 0 Å². The van der Waals surface area contributed by atoms with Crippen LogP contribution in [0.1, 0.15) is 46.0 Å². The number of esters is 1. The fourth-order valence-electron chi connectivity index (χ4n) is 2.48. The monoisotopic (exact) mass is 325 g/mol. The van der Waals surface area contributed by atoms with Gasteiger partial charge in [0.2, 0.25) is 0 Å². The SMILES string of the molecule is COC(=O)CC/C(O)=C1\C(=O)CC(C)(C)CC1=NCCC(=O)O. The number of rotatable bonds is 6. The van der Waals surface area contributed by atoms with Crippen LogP contribution >= 0.6 is 0 Å². The summed E-state index contributed by atoms with van der Waals surface area (Å²) in [5.74, 6) is -1.89. The average molecular weight is 325 g/mol. The molecule has 0 aromatic heterocycles. The Hall–Kier alpha value is -2.18. The van der Waals surface area contributed by atoms with Gasteiger partial charge in [-0.25, -0.2) is 0 Å². The number of aliphatic hydroxyl groups is 1. The topological polar surface area (TPSA) is 113 Å². The number of carbonyl (C=O) groups is 3. The van der Waals surface area contributed by atoms with E-state index in [9.17, 15) is 19.5 Å². The number of aliphatic imine (C=N–C) groups is 1. The molecule has 2 N–H and O–H groups in total. The molecule has 7 nitrogen and oxygen atoms in total.